The molecule has 10 heteroatoms. The number of unbranched alkanes of at least 4 members (excludes halogenated alkanes) is 5. The molecule has 3 amide bonds. The summed E-state index contributed by atoms with van der Waals surface area (Å²) in [5, 5.41) is 15.0. The van der Waals surface area contributed by atoms with Crippen LogP contribution in [0.1, 0.15) is 83.4 Å². The lowest BCUT2D eigenvalue weighted by Gasteiger charge is -2.34. The highest BCUT2D eigenvalue weighted by Crippen LogP contribution is 2.26. The number of rotatable bonds is 15. The van der Waals surface area contributed by atoms with Crippen molar-refractivity contribution in [3.05, 3.63) is 35.4 Å². The molecule has 0 aromatic heterocycles. The summed E-state index contributed by atoms with van der Waals surface area (Å²) in [5.74, 6) is -1.83. The second-order valence-electron chi connectivity index (χ2n) is 10.2. The monoisotopic (exact) mass is 535 g/mol. The van der Waals surface area contributed by atoms with Crippen LogP contribution in [0.25, 0.3) is 0 Å². The minimum Gasteiger partial charge on any atom is -0.468 e. The maximum Gasteiger partial charge on any atom is 0.408 e. The van der Waals surface area contributed by atoms with E-state index in [1.54, 1.807) is 32.9 Å². The molecule has 0 radical (unpaired) electrons. The van der Waals surface area contributed by atoms with E-state index in [2.05, 4.69) is 22.3 Å². The second-order valence-corrected chi connectivity index (χ2v) is 10.2. The molecule has 38 heavy (non-hydrogen) atoms. The van der Waals surface area contributed by atoms with Crippen LogP contribution in [-0.2, 0) is 23.9 Å². The van der Waals surface area contributed by atoms with Crippen LogP contribution in [0, 0.1) is 6.92 Å². The Morgan fingerprint density at radius 2 is 1.66 bits per heavy atom. The number of carbonyl (C=O) groups excluding carboxylic acids is 4. The first-order valence-electron chi connectivity index (χ1n) is 13.3. The highest BCUT2D eigenvalue weighted by molar-refractivity contribution is 5.93. The Hall–Kier alpha value is -3.14. The summed E-state index contributed by atoms with van der Waals surface area (Å²) in [6.45, 7) is 8.18. The Morgan fingerprint density at radius 3 is 2.24 bits per heavy atom. The lowest BCUT2D eigenvalue weighted by molar-refractivity contribution is -0.145. The van der Waals surface area contributed by atoms with Crippen LogP contribution in [0.5, 0.6) is 0 Å². The summed E-state index contributed by atoms with van der Waals surface area (Å²) >= 11 is 0. The molecule has 2 atom stereocenters. The van der Waals surface area contributed by atoms with E-state index < -0.39 is 48.2 Å². The molecular formula is C28H45N3O7. The van der Waals surface area contributed by atoms with E-state index in [-0.39, 0.29) is 13.1 Å². The number of aliphatic hydroxyl groups excluding tert-OH is 1. The topological polar surface area (TPSA) is 134 Å². The molecule has 0 bridgehead atoms. The largest absolute Gasteiger partial charge is 0.468 e. The molecule has 0 fully saturated rings. The van der Waals surface area contributed by atoms with Crippen molar-refractivity contribution in [2.24, 2.45) is 0 Å². The number of methoxy groups -OCH3 is 1. The zero-order chi connectivity index (χ0) is 28.7. The van der Waals surface area contributed by atoms with E-state index in [9.17, 15) is 24.3 Å². The van der Waals surface area contributed by atoms with E-state index in [1.165, 1.54) is 12.0 Å². The zero-order valence-electron chi connectivity index (χ0n) is 23.7. The van der Waals surface area contributed by atoms with E-state index in [1.807, 2.05) is 19.1 Å². The number of aliphatic hydroxyl groups is 1. The summed E-state index contributed by atoms with van der Waals surface area (Å²) < 4.78 is 9.90. The predicted octanol–water partition coefficient (Wildman–Crippen LogP) is 3.40. The maximum atomic E-state index is 13.8. The molecule has 0 aliphatic heterocycles. The molecule has 10 nitrogen and oxygen atoms in total. The van der Waals surface area contributed by atoms with Crippen LogP contribution in [0.4, 0.5) is 4.79 Å². The second kappa shape index (κ2) is 16.7. The van der Waals surface area contributed by atoms with Crippen LogP contribution >= 0.6 is 0 Å². The molecule has 2 unspecified atom stereocenters. The third kappa shape index (κ3) is 11.5. The quantitative estimate of drug-likeness (QED) is 0.231. The summed E-state index contributed by atoms with van der Waals surface area (Å²) in [7, 11) is 1.22. The standard InChI is InChI=1S/C28H45N3O7/c1-7-8-9-10-11-14-17-31(26(35)22(19-32)30-27(36)38-28(3,4)5)24(21-16-13-12-15-20(21)2)25(34)29-18-23(33)37-6/h12-13,15-16,22,24,32H,7-11,14,17-19H2,1-6H3,(H,29,34)(H,30,36). The summed E-state index contributed by atoms with van der Waals surface area (Å²) in [6.07, 6.45) is 4.89. The van der Waals surface area contributed by atoms with Gasteiger partial charge in [-0.2, -0.15) is 0 Å². The molecular weight excluding hydrogens is 490 g/mol. The average molecular weight is 536 g/mol. The first kappa shape index (κ1) is 32.9. The Labute approximate surface area is 226 Å². The molecule has 0 aliphatic carbocycles. The molecule has 214 valence electrons. The molecule has 0 heterocycles. The molecule has 1 rings (SSSR count). The van der Waals surface area contributed by atoms with Gasteiger partial charge in [-0.25, -0.2) is 4.79 Å². The Balaban J connectivity index is 3.35. The van der Waals surface area contributed by atoms with Crippen molar-refractivity contribution < 1.29 is 33.8 Å². The van der Waals surface area contributed by atoms with Crippen molar-refractivity contribution in [3.63, 3.8) is 0 Å². The highest BCUT2D eigenvalue weighted by atomic mass is 16.6. The average Bonchev–Trinajstić information content (AvgIpc) is 2.86. The molecule has 0 saturated carbocycles. The number of alkyl carbamates (subject to hydrolysis) is 1. The number of hydrogen-bond acceptors (Lipinski definition) is 7. The van der Waals surface area contributed by atoms with Gasteiger partial charge in [-0.3, -0.25) is 14.4 Å². The lowest BCUT2D eigenvalue weighted by Crippen LogP contribution is -2.55. The van der Waals surface area contributed by atoms with Gasteiger partial charge in [-0.05, 0) is 45.2 Å². The van der Waals surface area contributed by atoms with Crippen LogP contribution < -0.4 is 10.6 Å². The molecule has 0 saturated heterocycles. The molecule has 0 spiro atoms. The first-order chi connectivity index (χ1) is 17.9. The van der Waals surface area contributed by atoms with Crippen molar-refractivity contribution in [2.45, 2.75) is 90.8 Å². The van der Waals surface area contributed by atoms with Gasteiger partial charge in [0.25, 0.3) is 0 Å². The van der Waals surface area contributed by atoms with E-state index >= 15 is 0 Å². The zero-order valence-corrected chi connectivity index (χ0v) is 23.7. The van der Waals surface area contributed by atoms with Gasteiger partial charge in [-0.15, -0.1) is 0 Å². The van der Waals surface area contributed by atoms with Gasteiger partial charge in [0.1, 0.15) is 24.2 Å². The molecule has 0 aliphatic rings. The number of nitrogens with zero attached hydrogens (tertiary/aromatic N) is 1. The van der Waals surface area contributed by atoms with Gasteiger partial charge in [0.05, 0.1) is 13.7 Å². The number of ether oxygens (including phenoxy) is 2. The first-order valence-corrected chi connectivity index (χ1v) is 13.3. The van der Waals surface area contributed by atoms with Crippen molar-refractivity contribution in [3.8, 4) is 0 Å². The Kier molecular flexibility index (Phi) is 14.4. The van der Waals surface area contributed by atoms with Gasteiger partial charge in [0.2, 0.25) is 11.8 Å². The number of nitrogens with one attached hydrogen (secondary N) is 2. The number of esters is 1. The fourth-order valence-corrected chi connectivity index (χ4v) is 3.94. The number of carbonyl (C=O) groups is 4. The fourth-order valence-electron chi connectivity index (χ4n) is 3.94. The minimum absolute atomic E-state index is 0.210. The molecule has 1 aromatic carbocycles. The lowest BCUT2D eigenvalue weighted by atomic mass is 9.97. The Bertz CT molecular complexity index is 914. The number of amides is 3. The number of benzene rings is 1. The minimum atomic E-state index is -1.33. The van der Waals surface area contributed by atoms with E-state index in [0.717, 1.165) is 37.7 Å². The highest BCUT2D eigenvalue weighted by Gasteiger charge is 2.36. The predicted molar refractivity (Wildman–Crippen MR) is 144 cm³/mol. The van der Waals surface area contributed by atoms with Crippen molar-refractivity contribution in [2.75, 3.05) is 26.8 Å². The van der Waals surface area contributed by atoms with Gasteiger partial charge in [-0.1, -0.05) is 63.3 Å². The third-order valence-electron chi connectivity index (χ3n) is 5.88. The maximum absolute atomic E-state index is 13.8. The van der Waals surface area contributed by atoms with Gasteiger partial charge in [0, 0.05) is 6.54 Å². The molecule has 1 aromatic rings. The van der Waals surface area contributed by atoms with E-state index in [0.29, 0.717) is 12.0 Å². The van der Waals surface area contributed by atoms with Crippen LogP contribution in [-0.4, -0.2) is 72.3 Å². The van der Waals surface area contributed by atoms with Gasteiger partial charge < -0.3 is 30.1 Å². The van der Waals surface area contributed by atoms with Crippen molar-refractivity contribution in [1.82, 2.24) is 15.5 Å². The van der Waals surface area contributed by atoms with Crippen molar-refractivity contribution in [1.29, 1.82) is 0 Å². The third-order valence-corrected chi connectivity index (χ3v) is 5.88. The van der Waals surface area contributed by atoms with Crippen LogP contribution in [0.3, 0.4) is 0 Å². The van der Waals surface area contributed by atoms with Crippen molar-refractivity contribution >= 4 is 23.9 Å². The van der Waals surface area contributed by atoms with Gasteiger partial charge >= 0.3 is 12.1 Å². The van der Waals surface area contributed by atoms with Gasteiger partial charge in [0.15, 0.2) is 0 Å². The molecule has 3 N–H and O–H groups in total. The normalized spacial score (nSPS) is 12.7. The fraction of sp³-hybridized carbons (Fsp3) is 0.643. The summed E-state index contributed by atoms with van der Waals surface area (Å²) in [6, 6.07) is 4.73. The number of hydrogen-bond donors (Lipinski definition) is 3. The summed E-state index contributed by atoms with van der Waals surface area (Å²) in [4.78, 5) is 52.8. The number of aryl methyl sites for hydroxylation is 1. The Morgan fingerprint density at radius 1 is 1.03 bits per heavy atom. The van der Waals surface area contributed by atoms with Crippen LogP contribution in [0.15, 0.2) is 24.3 Å². The summed E-state index contributed by atoms with van der Waals surface area (Å²) in [5.41, 5.74) is 0.540. The SMILES string of the molecule is CCCCCCCCN(C(=O)C(CO)NC(=O)OC(C)(C)C)C(C(=O)NCC(=O)OC)c1ccccc1C. The smallest absolute Gasteiger partial charge is 0.408 e. The van der Waals surface area contributed by atoms with E-state index in [4.69, 9.17) is 4.74 Å². The van der Waals surface area contributed by atoms with Crippen LogP contribution in [0.2, 0.25) is 0 Å².